The van der Waals surface area contributed by atoms with E-state index in [2.05, 4.69) is 15.3 Å². The summed E-state index contributed by atoms with van der Waals surface area (Å²) >= 11 is 0. The first kappa shape index (κ1) is 16.1. The van der Waals surface area contributed by atoms with Crippen molar-refractivity contribution in [1.29, 1.82) is 0 Å². The number of aryl methyl sites for hydroxylation is 1. The first-order valence-electron chi connectivity index (χ1n) is 8.03. The number of aromatic nitrogens is 2. The van der Waals surface area contributed by atoms with E-state index in [4.69, 9.17) is 5.73 Å². The van der Waals surface area contributed by atoms with E-state index in [1.165, 1.54) is 6.20 Å². The van der Waals surface area contributed by atoms with Crippen molar-refractivity contribution in [1.82, 2.24) is 15.3 Å². The Labute approximate surface area is 140 Å². The van der Waals surface area contributed by atoms with Crippen molar-refractivity contribution in [2.24, 2.45) is 5.73 Å². The molecule has 124 valence electrons. The summed E-state index contributed by atoms with van der Waals surface area (Å²) in [6, 6.07) is 9.44. The summed E-state index contributed by atoms with van der Waals surface area (Å²) < 4.78 is 0. The summed E-state index contributed by atoms with van der Waals surface area (Å²) in [4.78, 5) is 33.3. The Balaban J connectivity index is 1.97. The molecule has 1 saturated carbocycles. The van der Waals surface area contributed by atoms with Gasteiger partial charge >= 0.3 is 0 Å². The van der Waals surface area contributed by atoms with Crippen LogP contribution in [-0.4, -0.2) is 27.3 Å². The van der Waals surface area contributed by atoms with Crippen molar-refractivity contribution in [3.8, 4) is 11.3 Å². The minimum Gasteiger partial charge on any atom is -0.368 e. The Hall–Kier alpha value is -2.76. The molecule has 0 unspecified atom stereocenters. The third-order valence-electron chi connectivity index (χ3n) is 4.48. The maximum absolute atomic E-state index is 12.8. The van der Waals surface area contributed by atoms with Gasteiger partial charge in [0.05, 0.1) is 11.3 Å². The predicted molar refractivity (Wildman–Crippen MR) is 90.1 cm³/mol. The predicted octanol–water partition coefficient (Wildman–Crippen LogP) is 1.98. The van der Waals surface area contributed by atoms with Gasteiger partial charge in [0.1, 0.15) is 11.4 Å². The molecule has 6 heteroatoms. The SMILES string of the molecule is Cc1ncc(C(=O)NC2(C(N)=O)CCCC2)c(-c2ccccc2)n1. The highest BCUT2D eigenvalue weighted by atomic mass is 16.2. The van der Waals surface area contributed by atoms with Crippen molar-refractivity contribution in [2.45, 2.75) is 38.1 Å². The van der Waals surface area contributed by atoms with Gasteiger partial charge < -0.3 is 11.1 Å². The summed E-state index contributed by atoms with van der Waals surface area (Å²) in [6.07, 6.45) is 4.39. The van der Waals surface area contributed by atoms with Crippen LogP contribution in [0.1, 0.15) is 41.9 Å². The van der Waals surface area contributed by atoms with Crippen LogP contribution in [0.4, 0.5) is 0 Å². The van der Waals surface area contributed by atoms with Crippen LogP contribution in [0.2, 0.25) is 0 Å². The van der Waals surface area contributed by atoms with Gasteiger partial charge in [0.25, 0.3) is 5.91 Å². The summed E-state index contributed by atoms with van der Waals surface area (Å²) in [5.74, 6) is -0.270. The van der Waals surface area contributed by atoms with Gasteiger partial charge in [-0.25, -0.2) is 9.97 Å². The average Bonchev–Trinajstić information content (AvgIpc) is 3.05. The number of nitrogens with one attached hydrogen (secondary N) is 1. The molecule has 0 atom stereocenters. The fourth-order valence-corrected chi connectivity index (χ4v) is 3.15. The number of primary amides is 1. The monoisotopic (exact) mass is 324 g/mol. The Morgan fingerprint density at radius 1 is 1.17 bits per heavy atom. The van der Waals surface area contributed by atoms with E-state index in [1.807, 2.05) is 30.3 Å². The number of nitrogens with zero attached hydrogens (tertiary/aromatic N) is 2. The number of benzene rings is 1. The van der Waals surface area contributed by atoms with Crippen molar-refractivity contribution in [2.75, 3.05) is 0 Å². The van der Waals surface area contributed by atoms with Gasteiger partial charge in [-0.1, -0.05) is 43.2 Å². The molecule has 0 spiro atoms. The molecule has 0 saturated heterocycles. The van der Waals surface area contributed by atoms with Gasteiger partial charge in [0, 0.05) is 11.8 Å². The topological polar surface area (TPSA) is 98.0 Å². The summed E-state index contributed by atoms with van der Waals surface area (Å²) in [5.41, 5.74) is 6.31. The smallest absolute Gasteiger partial charge is 0.255 e. The molecule has 1 heterocycles. The van der Waals surface area contributed by atoms with Crippen molar-refractivity contribution < 1.29 is 9.59 Å². The highest BCUT2D eigenvalue weighted by Gasteiger charge is 2.41. The third-order valence-corrected chi connectivity index (χ3v) is 4.48. The molecule has 1 aliphatic rings. The molecule has 3 rings (SSSR count). The van der Waals surface area contributed by atoms with Crippen molar-refractivity contribution in [3.05, 3.63) is 47.9 Å². The second kappa shape index (κ2) is 6.39. The van der Waals surface area contributed by atoms with Crippen LogP contribution in [0.3, 0.4) is 0 Å². The second-order valence-corrected chi connectivity index (χ2v) is 6.15. The summed E-state index contributed by atoms with van der Waals surface area (Å²) in [6.45, 7) is 1.77. The Morgan fingerprint density at radius 2 is 1.83 bits per heavy atom. The van der Waals surface area contributed by atoms with Crippen LogP contribution in [0, 0.1) is 6.92 Å². The van der Waals surface area contributed by atoms with E-state index < -0.39 is 11.4 Å². The molecule has 1 aromatic heterocycles. The zero-order valence-corrected chi connectivity index (χ0v) is 13.6. The van der Waals surface area contributed by atoms with Crippen LogP contribution in [0.5, 0.6) is 0 Å². The van der Waals surface area contributed by atoms with Gasteiger partial charge in [0.2, 0.25) is 5.91 Å². The zero-order valence-electron chi connectivity index (χ0n) is 13.6. The zero-order chi connectivity index (χ0) is 17.2. The van der Waals surface area contributed by atoms with Crippen LogP contribution in [-0.2, 0) is 4.79 Å². The molecule has 1 aromatic carbocycles. The number of nitrogens with two attached hydrogens (primary N) is 1. The van der Waals surface area contributed by atoms with E-state index in [1.54, 1.807) is 6.92 Å². The van der Waals surface area contributed by atoms with Gasteiger partial charge in [-0.05, 0) is 19.8 Å². The Morgan fingerprint density at radius 3 is 2.46 bits per heavy atom. The molecule has 0 aliphatic heterocycles. The summed E-state index contributed by atoms with van der Waals surface area (Å²) in [7, 11) is 0. The first-order chi connectivity index (χ1) is 11.5. The Bertz CT molecular complexity index is 768. The second-order valence-electron chi connectivity index (χ2n) is 6.15. The van der Waals surface area contributed by atoms with E-state index in [-0.39, 0.29) is 5.91 Å². The maximum Gasteiger partial charge on any atom is 0.255 e. The number of amides is 2. The molecule has 1 fully saturated rings. The molecule has 24 heavy (non-hydrogen) atoms. The first-order valence-corrected chi connectivity index (χ1v) is 8.03. The number of carbonyl (C=O) groups excluding carboxylic acids is 2. The molecule has 0 radical (unpaired) electrons. The number of rotatable bonds is 4. The van der Waals surface area contributed by atoms with Crippen LogP contribution in [0.25, 0.3) is 11.3 Å². The highest BCUT2D eigenvalue weighted by molar-refractivity contribution is 6.02. The van der Waals surface area contributed by atoms with E-state index in [0.29, 0.717) is 29.9 Å². The number of hydrogen-bond acceptors (Lipinski definition) is 4. The third kappa shape index (κ3) is 2.99. The molecule has 3 N–H and O–H groups in total. The maximum atomic E-state index is 12.8. The molecular formula is C18H20N4O2. The molecule has 1 aliphatic carbocycles. The lowest BCUT2D eigenvalue weighted by Gasteiger charge is -2.26. The van der Waals surface area contributed by atoms with Crippen LogP contribution >= 0.6 is 0 Å². The average molecular weight is 324 g/mol. The lowest BCUT2D eigenvalue weighted by atomic mass is 9.95. The van der Waals surface area contributed by atoms with Crippen LogP contribution < -0.4 is 11.1 Å². The fraction of sp³-hybridized carbons (Fsp3) is 0.333. The van der Waals surface area contributed by atoms with Crippen LogP contribution in [0.15, 0.2) is 36.5 Å². The van der Waals surface area contributed by atoms with Gasteiger partial charge in [-0.15, -0.1) is 0 Å². The van der Waals surface area contributed by atoms with E-state index in [0.717, 1.165) is 18.4 Å². The minimum absolute atomic E-state index is 0.347. The molecule has 2 aromatic rings. The molecule has 2 amide bonds. The Kier molecular flexibility index (Phi) is 4.29. The van der Waals surface area contributed by atoms with E-state index in [9.17, 15) is 9.59 Å². The standard InChI is InChI=1S/C18H20N4O2/c1-12-20-11-14(15(21-12)13-7-3-2-4-8-13)16(23)22-18(17(19)24)9-5-6-10-18/h2-4,7-8,11H,5-6,9-10H2,1H3,(H2,19,24)(H,22,23). The highest BCUT2D eigenvalue weighted by Crippen LogP contribution is 2.30. The lowest BCUT2D eigenvalue weighted by Crippen LogP contribution is -2.55. The quantitative estimate of drug-likeness (QED) is 0.898. The van der Waals surface area contributed by atoms with Crippen molar-refractivity contribution >= 4 is 11.8 Å². The van der Waals surface area contributed by atoms with Gasteiger partial charge in [-0.2, -0.15) is 0 Å². The normalized spacial score (nSPS) is 15.9. The van der Waals surface area contributed by atoms with Gasteiger partial charge in [-0.3, -0.25) is 9.59 Å². The number of carbonyl (C=O) groups is 2. The summed E-state index contributed by atoms with van der Waals surface area (Å²) in [5, 5.41) is 2.84. The fourth-order valence-electron chi connectivity index (χ4n) is 3.15. The minimum atomic E-state index is -0.962. The van der Waals surface area contributed by atoms with Crippen molar-refractivity contribution in [3.63, 3.8) is 0 Å². The van der Waals surface area contributed by atoms with Gasteiger partial charge in [0.15, 0.2) is 0 Å². The molecule has 0 bridgehead atoms. The van der Waals surface area contributed by atoms with E-state index >= 15 is 0 Å². The largest absolute Gasteiger partial charge is 0.368 e. The molecular weight excluding hydrogens is 304 g/mol. The number of hydrogen-bond donors (Lipinski definition) is 2. The molecule has 6 nitrogen and oxygen atoms in total. The lowest BCUT2D eigenvalue weighted by molar-refractivity contribution is -0.123.